The number of amides is 2. The number of esters is 1. The predicted octanol–water partition coefficient (Wildman–Crippen LogP) is 5.57. The van der Waals surface area contributed by atoms with Crippen molar-refractivity contribution in [2.75, 3.05) is 7.11 Å². The van der Waals surface area contributed by atoms with Gasteiger partial charge in [0.15, 0.2) is 18.3 Å². The summed E-state index contributed by atoms with van der Waals surface area (Å²) in [5.41, 5.74) is -1.25. The number of ketones is 1. The Hall–Kier alpha value is -3.28. The summed E-state index contributed by atoms with van der Waals surface area (Å²) in [6.07, 6.45) is -2.97. The summed E-state index contributed by atoms with van der Waals surface area (Å²) >= 11 is 12.5. The summed E-state index contributed by atoms with van der Waals surface area (Å²) < 4.78 is 24.2. The van der Waals surface area contributed by atoms with Crippen molar-refractivity contribution in [3.8, 4) is 0 Å². The molecule has 15 unspecified atom stereocenters. The molecule has 3 fully saturated rings. The van der Waals surface area contributed by atoms with E-state index in [2.05, 4.69) is 16.9 Å². The topological polar surface area (TPSA) is 217 Å². The second-order valence-corrected chi connectivity index (χ2v) is 19.2. The number of likely N-dealkylation sites (tertiary alicyclic amines) is 1. The molecule has 6 N–H and O–H groups in total. The largest absolute Gasteiger partial charge is 0.511 e. The molecule has 1 saturated carbocycles. The van der Waals surface area contributed by atoms with E-state index in [9.17, 15) is 39.6 Å². The van der Waals surface area contributed by atoms with E-state index in [0.29, 0.717) is 18.5 Å². The van der Waals surface area contributed by atoms with Crippen LogP contribution in [0.5, 0.6) is 0 Å². The van der Waals surface area contributed by atoms with Crippen LogP contribution in [0.2, 0.25) is 10.0 Å². The number of aliphatic hydroxyl groups excluding tert-OH is 3. The van der Waals surface area contributed by atoms with Gasteiger partial charge in [-0.15, -0.1) is 0 Å². The van der Waals surface area contributed by atoms with E-state index in [1.807, 2.05) is 26.0 Å². The van der Waals surface area contributed by atoms with Crippen LogP contribution in [0.1, 0.15) is 97.8 Å². The minimum atomic E-state index is -2.10. The number of methoxy groups -OCH3 is 1. The Labute approximate surface area is 374 Å². The lowest BCUT2D eigenvalue weighted by atomic mass is 9.61. The maximum absolute atomic E-state index is 14.7. The second-order valence-electron chi connectivity index (χ2n) is 18.4. The fraction of sp³-hybridized carbons (Fsp3) is 0.689. The number of H-pyrrole nitrogens is 1. The van der Waals surface area contributed by atoms with Gasteiger partial charge in [0.25, 0.3) is 11.8 Å². The fourth-order valence-electron chi connectivity index (χ4n) is 9.96. The third-order valence-electron chi connectivity index (χ3n) is 13.5. The molecular weight excluding hydrogens is 845 g/mol. The Morgan fingerprint density at radius 1 is 1.08 bits per heavy atom. The zero-order chi connectivity index (χ0) is 46.4. The van der Waals surface area contributed by atoms with Crippen LogP contribution in [0.25, 0.3) is 0 Å². The molecule has 3 heterocycles. The van der Waals surface area contributed by atoms with Gasteiger partial charge in [-0.2, -0.15) is 0 Å². The lowest BCUT2D eigenvalue weighted by Gasteiger charge is -2.47. The molecular formula is C45H65Cl2N3O12. The van der Waals surface area contributed by atoms with Gasteiger partial charge in [-0.1, -0.05) is 89.0 Å². The maximum atomic E-state index is 14.7. The van der Waals surface area contributed by atoms with E-state index < -0.39 is 120 Å². The number of nitrogens with zero attached hydrogens (tertiary/aromatic N) is 1. The number of aromatic nitrogens is 1. The van der Waals surface area contributed by atoms with Gasteiger partial charge in [0.05, 0.1) is 34.4 Å². The van der Waals surface area contributed by atoms with Crippen LogP contribution in [0.4, 0.5) is 0 Å². The molecule has 0 spiro atoms. The molecule has 2 amide bonds. The number of hydrogen-bond donors (Lipinski definition) is 6. The molecule has 346 valence electrons. The number of hydrogen-bond acceptors (Lipinski definition) is 12. The van der Waals surface area contributed by atoms with Crippen molar-refractivity contribution >= 4 is 46.8 Å². The lowest BCUT2D eigenvalue weighted by Crippen LogP contribution is -2.63. The van der Waals surface area contributed by atoms with E-state index in [1.165, 1.54) is 25.9 Å². The summed E-state index contributed by atoms with van der Waals surface area (Å²) in [5.74, 6) is -6.29. The summed E-state index contributed by atoms with van der Waals surface area (Å²) in [5, 5.41) is 50.2. The van der Waals surface area contributed by atoms with Crippen LogP contribution in [-0.4, -0.2) is 122 Å². The van der Waals surface area contributed by atoms with Gasteiger partial charge in [0.2, 0.25) is 0 Å². The number of allylic oxidation sites excluding steroid dienone is 3. The number of ether oxygens (including phenoxy) is 4. The molecule has 5 rings (SSSR count). The van der Waals surface area contributed by atoms with Gasteiger partial charge in [-0.05, 0) is 57.3 Å². The van der Waals surface area contributed by atoms with Crippen LogP contribution in [-0.2, 0) is 33.3 Å². The van der Waals surface area contributed by atoms with Crippen LogP contribution in [0, 0.1) is 48.3 Å². The summed E-state index contributed by atoms with van der Waals surface area (Å²) in [7, 11) is 1.42. The lowest BCUT2D eigenvalue weighted by molar-refractivity contribution is -0.250. The highest BCUT2D eigenvalue weighted by Crippen LogP contribution is 2.50. The number of carbonyl (C=O) groups excluding carboxylic acids is 4. The molecule has 1 aromatic heterocycles. The van der Waals surface area contributed by atoms with Crippen molar-refractivity contribution in [1.82, 2.24) is 15.2 Å². The fourth-order valence-corrected chi connectivity index (χ4v) is 10.4. The predicted molar refractivity (Wildman–Crippen MR) is 231 cm³/mol. The number of carbonyl (C=O) groups is 4. The first-order valence-corrected chi connectivity index (χ1v) is 22.2. The number of halogens is 2. The Morgan fingerprint density at radius 2 is 1.73 bits per heavy atom. The summed E-state index contributed by atoms with van der Waals surface area (Å²) in [6.45, 7) is 21.3. The first-order chi connectivity index (χ1) is 28.9. The van der Waals surface area contributed by atoms with Crippen LogP contribution >= 0.6 is 23.2 Å². The zero-order valence-electron chi connectivity index (χ0n) is 37.5. The minimum Gasteiger partial charge on any atom is -0.511 e. The van der Waals surface area contributed by atoms with Crippen molar-refractivity contribution in [3.05, 3.63) is 57.1 Å². The molecule has 17 heteroatoms. The molecule has 2 aliphatic carbocycles. The van der Waals surface area contributed by atoms with Crippen LogP contribution in [0.15, 0.2) is 35.6 Å². The summed E-state index contributed by atoms with van der Waals surface area (Å²) in [6, 6.07) is -2.15. The highest BCUT2D eigenvalue weighted by molar-refractivity contribution is 6.44. The van der Waals surface area contributed by atoms with Gasteiger partial charge in [-0.3, -0.25) is 24.1 Å². The minimum absolute atomic E-state index is 0.00357. The van der Waals surface area contributed by atoms with Gasteiger partial charge >= 0.3 is 5.97 Å². The molecule has 0 radical (unpaired) electrons. The molecule has 62 heavy (non-hydrogen) atoms. The number of nitrogens with one attached hydrogen (secondary N) is 2. The molecule has 15 atom stereocenters. The number of aryl methyl sites for hydroxylation is 1. The smallest absolute Gasteiger partial charge is 0.303 e. The van der Waals surface area contributed by atoms with Gasteiger partial charge in [-0.25, -0.2) is 0 Å². The zero-order valence-corrected chi connectivity index (χ0v) is 39.0. The van der Waals surface area contributed by atoms with Crippen molar-refractivity contribution in [1.29, 1.82) is 0 Å². The average molecular weight is 911 g/mol. The van der Waals surface area contributed by atoms with Gasteiger partial charge in [0.1, 0.15) is 40.9 Å². The number of fused-ring (bicyclic) bond motifs is 1. The monoisotopic (exact) mass is 909 g/mol. The van der Waals surface area contributed by atoms with Crippen molar-refractivity contribution in [2.24, 2.45) is 41.4 Å². The van der Waals surface area contributed by atoms with Crippen molar-refractivity contribution in [2.45, 2.75) is 149 Å². The van der Waals surface area contributed by atoms with E-state index in [-0.39, 0.29) is 38.9 Å². The average Bonchev–Trinajstić information content (AvgIpc) is 3.61. The van der Waals surface area contributed by atoms with E-state index in [0.717, 1.165) is 5.57 Å². The molecule has 2 aliphatic heterocycles. The molecule has 15 nitrogen and oxygen atoms in total. The quantitative estimate of drug-likeness (QED) is 0.0338. The Morgan fingerprint density at radius 3 is 2.27 bits per heavy atom. The molecule has 0 aromatic carbocycles. The first kappa shape index (κ1) is 49.7. The number of Topliss-reactive ketones (excluding diaryl/α,β-unsaturated/α-hetero) is 1. The second kappa shape index (κ2) is 19.4. The first-order valence-electron chi connectivity index (χ1n) is 21.5. The standard InChI is InChI=1S/C45H65Cl2N3O12/c1-18(2)36-38(54)32(43(57)50(36)44-40(59-12)39(61-26(11)51)22(7)24(9)60-44)37(53)31-21(6)13-15-27-28(16-14-20(5)30(27)31)62-29(52)17-45(58,41(55)19(3)4)25(10)49-42(56)35-34(47)33(46)23(8)48-35/h13,15,18-19,21-22,24-25,27-31,36,39-41,44,48,52-53,55,58H,5,14,16-17H2,1-4,6-12H3,(H,49,56). The van der Waals surface area contributed by atoms with Crippen LogP contribution in [0.3, 0.4) is 0 Å². The number of aliphatic hydroxyl groups is 4. The van der Waals surface area contributed by atoms with Gasteiger partial charge in [0, 0.05) is 43.9 Å². The number of rotatable bonds is 14. The van der Waals surface area contributed by atoms with E-state index in [4.69, 9.17) is 42.1 Å². The normalized spacial score (nSPS) is 33.6. The molecule has 2 saturated heterocycles. The Bertz CT molecular complexity index is 1950. The third-order valence-corrected chi connectivity index (χ3v) is 14.5. The third kappa shape index (κ3) is 9.28. The van der Waals surface area contributed by atoms with Crippen LogP contribution < -0.4 is 5.32 Å². The SMILES string of the molecule is C=C1CCC(OC(O)CC(O)(C(C)NC(=O)c2[nH]c(C)c(Cl)c2Cl)C(O)C(C)C)C2C=CC(C)C(C(O)=C3C(=O)C(C(C)C)N(C4OC(C)C(C)C(OC(C)=O)C4OC)C3=O)C12. The highest BCUT2D eigenvalue weighted by Gasteiger charge is 2.58. The van der Waals surface area contributed by atoms with Crippen molar-refractivity contribution in [3.63, 3.8) is 0 Å². The molecule has 4 aliphatic rings. The summed E-state index contributed by atoms with van der Waals surface area (Å²) in [4.78, 5) is 58.8. The number of aromatic amines is 1. The van der Waals surface area contributed by atoms with E-state index >= 15 is 0 Å². The maximum Gasteiger partial charge on any atom is 0.303 e. The Balaban J connectivity index is 1.43. The molecule has 1 aromatic rings. The van der Waals surface area contributed by atoms with Crippen molar-refractivity contribution < 1.29 is 58.6 Å². The van der Waals surface area contributed by atoms with Gasteiger partial charge < -0.3 is 49.7 Å². The Kier molecular flexibility index (Phi) is 15.6. The highest BCUT2D eigenvalue weighted by atomic mass is 35.5. The van der Waals surface area contributed by atoms with E-state index in [1.54, 1.807) is 41.5 Å². The molecule has 0 bridgehead atoms.